The molecule has 0 radical (unpaired) electrons. The van der Waals surface area contributed by atoms with Crippen LogP contribution in [0, 0.1) is 5.92 Å². The van der Waals surface area contributed by atoms with E-state index in [9.17, 15) is 14.4 Å². The van der Waals surface area contributed by atoms with Crippen molar-refractivity contribution < 1.29 is 19.1 Å². The molecule has 0 aromatic carbocycles. The lowest BCUT2D eigenvalue weighted by molar-refractivity contribution is -0.163. The third-order valence-electron chi connectivity index (χ3n) is 4.40. The van der Waals surface area contributed by atoms with Crippen molar-refractivity contribution in [2.45, 2.75) is 32.3 Å². The number of nitrogens with zero attached hydrogens (tertiary/aromatic N) is 2. The standard InChI is InChI=1S/C14H23N3O4/c1-10(18)16-5-3-11(4-6-16)12(19)17-7-8-21-14(2,9-17)13(15)20/h11H,3-9H2,1-2H3,(H2,15,20)/t14-/m0/s1. The Morgan fingerprint density at radius 1 is 1.14 bits per heavy atom. The number of piperidine rings is 1. The summed E-state index contributed by atoms with van der Waals surface area (Å²) in [5, 5.41) is 0. The molecule has 2 saturated heterocycles. The summed E-state index contributed by atoms with van der Waals surface area (Å²) in [5.74, 6) is -0.551. The average Bonchev–Trinajstić information content (AvgIpc) is 2.46. The number of likely N-dealkylation sites (tertiary alicyclic amines) is 1. The van der Waals surface area contributed by atoms with E-state index < -0.39 is 11.5 Å². The molecule has 2 fully saturated rings. The van der Waals surface area contributed by atoms with Gasteiger partial charge in [-0.25, -0.2) is 0 Å². The molecule has 0 aromatic heterocycles. The molecule has 0 unspecified atom stereocenters. The Kier molecular flexibility index (Phi) is 4.51. The number of carbonyl (C=O) groups excluding carboxylic acids is 3. The van der Waals surface area contributed by atoms with Crippen molar-refractivity contribution in [3.63, 3.8) is 0 Å². The summed E-state index contributed by atoms with van der Waals surface area (Å²) in [5.41, 5.74) is 4.24. The molecule has 7 heteroatoms. The first kappa shape index (κ1) is 15.8. The van der Waals surface area contributed by atoms with Crippen molar-refractivity contribution in [3.05, 3.63) is 0 Å². The predicted octanol–water partition coefficient (Wildman–Crippen LogP) is -0.652. The molecule has 2 aliphatic rings. The van der Waals surface area contributed by atoms with Gasteiger partial charge in [-0.1, -0.05) is 0 Å². The first-order chi connectivity index (χ1) is 9.83. The number of primary amides is 1. The van der Waals surface area contributed by atoms with E-state index in [4.69, 9.17) is 10.5 Å². The van der Waals surface area contributed by atoms with Crippen LogP contribution < -0.4 is 5.73 Å². The summed E-state index contributed by atoms with van der Waals surface area (Å²) in [7, 11) is 0. The molecule has 2 heterocycles. The first-order valence-corrected chi connectivity index (χ1v) is 7.31. The monoisotopic (exact) mass is 297 g/mol. The van der Waals surface area contributed by atoms with Crippen LogP contribution >= 0.6 is 0 Å². The van der Waals surface area contributed by atoms with Crippen LogP contribution in [0.2, 0.25) is 0 Å². The molecule has 21 heavy (non-hydrogen) atoms. The second-order valence-corrected chi connectivity index (χ2v) is 5.98. The summed E-state index contributed by atoms with van der Waals surface area (Å²) in [4.78, 5) is 38.7. The molecule has 0 saturated carbocycles. The highest BCUT2D eigenvalue weighted by Crippen LogP contribution is 2.23. The summed E-state index contributed by atoms with van der Waals surface area (Å²) >= 11 is 0. The molecule has 0 bridgehead atoms. The van der Waals surface area contributed by atoms with Gasteiger partial charge in [-0.15, -0.1) is 0 Å². The topological polar surface area (TPSA) is 92.9 Å². The summed E-state index contributed by atoms with van der Waals surface area (Å²) < 4.78 is 5.42. The number of hydrogen-bond acceptors (Lipinski definition) is 4. The Labute approximate surface area is 124 Å². The summed E-state index contributed by atoms with van der Waals surface area (Å²) in [6.45, 7) is 5.39. The number of hydrogen-bond donors (Lipinski definition) is 1. The molecule has 7 nitrogen and oxygen atoms in total. The fourth-order valence-electron chi connectivity index (χ4n) is 2.91. The Balaban J connectivity index is 1.95. The highest BCUT2D eigenvalue weighted by molar-refractivity contribution is 5.85. The lowest BCUT2D eigenvalue weighted by atomic mass is 9.94. The molecule has 0 aliphatic carbocycles. The van der Waals surface area contributed by atoms with Crippen molar-refractivity contribution in [1.82, 2.24) is 9.80 Å². The number of carbonyl (C=O) groups is 3. The molecular weight excluding hydrogens is 274 g/mol. The van der Waals surface area contributed by atoms with Gasteiger partial charge in [0.2, 0.25) is 11.8 Å². The maximum atomic E-state index is 12.6. The van der Waals surface area contributed by atoms with E-state index >= 15 is 0 Å². The molecular formula is C14H23N3O4. The van der Waals surface area contributed by atoms with E-state index in [-0.39, 0.29) is 24.3 Å². The van der Waals surface area contributed by atoms with Crippen LogP contribution in [0.5, 0.6) is 0 Å². The maximum absolute atomic E-state index is 12.6. The number of ether oxygens (including phenoxy) is 1. The van der Waals surface area contributed by atoms with Gasteiger partial charge in [-0.05, 0) is 19.8 Å². The maximum Gasteiger partial charge on any atom is 0.251 e. The number of amides is 3. The molecule has 2 rings (SSSR count). The van der Waals surface area contributed by atoms with E-state index in [1.807, 2.05) is 0 Å². The van der Waals surface area contributed by atoms with Gasteiger partial charge in [0.05, 0.1) is 13.2 Å². The highest BCUT2D eigenvalue weighted by atomic mass is 16.5. The zero-order valence-corrected chi connectivity index (χ0v) is 12.6. The number of nitrogens with two attached hydrogens (primary N) is 1. The Morgan fingerprint density at radius 2 is 1.76 bits per heavy atom. The number of rotatable bonds is 2. The van der Waals surface area contributed by atoms with Gasteiger partial charge in [-0.2, -0.15) is 0 Å². The molecule has 0 aromatic rings. The average molecular weight is 297 g/mol. The largest absolute Gasteiger partial charge is 0.367 e. The van der Waals surface area contributed by atoms with Gasteiger partial charge >= 0.3 is 0 Å². The quantitative estimate of drug-likeness (QED) is 0.733. The van der Waals surface area contributed by atoms with Crippen LogP contribution in [0.4, 0.5) is 0 Å². The highest BCUT2D eigenvalue weighted by Gasteiger charge is 2.41. The van der Waals surface area contributed by atoms with Gasteiger partial charge in [0.25, 0.3) is 5.91 Å². The zero-order chi connectivity index (χ0) is 15.6. The van der Waals surface area contributed by atoms with E-state index in [1.165, 1.54) is 0 Å². The van der Waals surface area contributed by atoms with Crippen molar-refractivity contribution in [2.24, 2.45) is 11.7 Å². The second-order valence-electron chi connectivity index (χ2n) is 5.98. The minimum Gasteiger partial charge on any atom is -0.367 e. The van der Waals surface area contributed by atoms with Gasteiger partial charge in [0, 0.05) is 32.5 Å². The summed E-state index contributed by atoms with van der Waals surface area (Å²) in [6.07, 6.45) is 1.34. The predicted molar refractivity (Wildman–Crippen MR) is 75.1 cm³/mol. The second kappa shape index (κ2) is 6.01. The molecule has 118 valence electrons. The summed E-state index contributed by atoms with van der Waals surface area (Å²) in [6, 6.07) is 0. The smallest absolute Gasteiger partial charge is 0.251 e. The Morgan fingerprint density at radius 3 is 2.29 bits per heavy atom. The van der Waals surface area contributed by atoms with Gasteiger partial charge in [-0.3, -0.25) is 14.4 Å². The third-order valence-corrected chi connectivity index (χ3v) is 4.40. The van der Waals surface area contributed by atoms with Crippen molar-refractivity contribution in [1.29, 1.82) is 0 Å². The Bertz CT molecular complexity index is 446. The van der Waals surface area contributed by atoms with Crippen LogP contribution in [-0.2, 0) is 19.1 Å². The van der Waals surface area contributed by atoms with Crippen LogP contribution in [0.3, 0.4) is 0 Å². The minimum absolute atomic E-state index is 0.0361. The molecule has 0 spiro atoms. The normalized spacial score (nSPS) is 27.5. The third kappa shape index (κ3) is 3.34. The lowest BCUT2D eigenvalue weighted by Crippen LogP contribution is -2.59. The van der Waals surface area contributed by atoms with E-state index in [0.29, 0.717) is 39.1 Å². The zero-order valence-electron chi connectivity index (χ0n) is 12.6. The Hall–Kier alpha value is -1.63. The SMILES string of the molecule is CC(=O)N1CCC(C(=O)N2CCO[C@](C)(C(N)=O)C2)CC1. The van der Waals surface area contributed by atoms with Crippen LogP contribution in [0.25, 0.3) is 0 Å². The van der Waals surface area contributed by atoms with E-state index in [1.54, 1.807) is 23.6 Å². The van der Waals surface area contributed by atoms with Crippen molar-refractivity contribution in [3.8, 4) is 0 Å². The van der Waals surface area contributed by atoms with Gasteiger partial charge in [0.15, 0.2) is 5.60 Å². The van der Waals surface area contributed by atoms with E-state index in [0.717, 1.165) is 0 Å². The fourth-order valence-corrected chi connectivity index (χ4v) is 2.91. The molecule has 2 N–H and O–H groups in total. The van der Waals surface area contributed by atoms with Crippen LogP contribution in [0.1, 0.15) is 26.7 Å². The van der Waals surface area contributed by atoms with Crippen molar-refractivity contribution >= 4 is 17.7 Å². The van der Waals surface area contributed by atoms with E-state index in [2.05, 4.69) is 0 Å². The molecule has 1 atom stereocenters. The van der Waals surface area contributed by atoms with Gasteiger partial charge in [0.1, 0.15) is 0 Å². The number of morpholine rings is 1. The van der Waals surface area contributed by atoms with Crippen molar-refractivity contribution in [2.75, 3.05) is 32.8 Å². The van der Waals surface area contributed by atoms with Crippen LogP contribution in [0.15, 0.2) is 0 Å². The fraction of sp³-hybridized carbons (Fsp3) is 0.786. The lowest BCUT2D eigenvalue weighted by Gasteiger charge is -2.40. The van der Waals surface area contributed by atoms with Crippen LogP contribution in [-0.4, -0.2) is 65.9 Å². The first-order valence-electron chi connectivity index (χ1n) is 7.31. The molecule has 2 aliphatic heterocycles. The minimum atomic E-state index is -1.10. The molecule has 3 amide bonds. The van der Waals surface area contributed by atoms with Gasteiger partial charge < -0.3 is 20.3 Å².